The van der Waals surface area contributed by atoms with Gasteiger partial charge >= 0.3 is 0 Å². The molecule has 1 aliphatic heterocycles. The molecule has 0 bridgehead atoms. The van der Waals surface area contributed by atoms with E-state index >= 15 is 0 Å². The molecule has 0 saturated heterocycles. The Morgan fingerprint density at radius 3 is 2.23 bits per heavy atom. The lowest BCUT2D eigenvalue weighted by molar-refractivity contribution is -0.130. The van der Waals surface area contributed by atoms with E-state index in [0.717, 1.165) is 22.6 Å². The summed E-state index contributed by atoms with van der Waals surface area (Å²) in [6.07, 6.45) is 0.600. The molecule has 6 heteroatoms. The Labute approximate surface area is 153 Å². The molecule has 1 atom stereocenters. The fourth-order valence-corrected chi connectivity index (χ4v) is 3.06. The molecule has 6 nitrogen and oxygen atoms in total. The minimum Gasteiger partial charge on any atom is -0.497 e. The Balaban J connectivity index is 1.98. The molecule has 0 aliphatic carbocycles. The smallest absolute Gasteiger partial charge is 0.240 e. The maximum absolute atomic E-state index is 12.1. The van der Waals surface area contributed by atoms with Crippen molar-refractivity contribution in [3.63, 3.8) is 0 Å². The van der Waals surface area contributed by atoms with Gasteiger partial charge in [-0.15, -0.1) is 0 Å². The number of nitrogens with zero attached hydrogens (tertiary/aromatic N) is 2. The van der Waals surface area contributed by atoms with Gasteiger partial charge in [0.25, 0.3) is 0 Å². The van der Waals surface area contributed by atoms with Crippen LogP contribution in [0.4, 0.5) is 0 Å². The first-order valence-electron chi connectivity index (χ1n) is 8.30. The number of hydrogen-bond acceptors (Lipinski definition) is 5. The highest BCUT2D eigenvalue weighted by atomic mass is 16.5. The summed E-state index contributed by atoms with van der Waals surface area (Å²) in [6.45, 7) is 1.52. The van der Waals surface area contributed by atoms with Crippen molar-refractivity contribution in [1.82, 2.24) is 5.01 Å². The predicted octanol–water partition coefficient (Wildman–Crippen LogP) is 3.41. The number of amides is 1. The molecule has 0 N–H and O–H groups in total. The Bertz CT molecular complexity index is 825. The van der Waals surface area contributed by atoms with Crippen molar-refractivity contribution in [2.75, 3.05) is 21.3 Å². The van der Waals surface area contributed by atoms with Crippen LogP contribution in [0.3, 0.4) is 0 Å². The van der Waals surface area contributed by atoms with E-state index in [9.17, 15) is 4.79 Å². The summed E-state index contributed by atoms with van der Waals surface area (Å²) in [5.74, 6) is 2.01. The Morgan fingerprint density at radius 1 is 1.00 bits per heavy atom. The number of benzene rings is 2. The maximum Gasteiger partial charge on any atom is 0.240 e. The monoisotopic (exact) mass is 354 g/mol. The van der Waals surface area contributed by atoms with Gasteiger partial charge in [-0.3, -0.25) is 4.79 Å². The Hall–Kier alpha value is -3.02. The number of rotatable bonds is 5. The second-order valence-corrected chi connectivity index (χ2v) is 6.01. The van der Waals surface area contributed by atoms with Gasteiger partial charge in [0.05, 0.1) is 33.1 Å². The van der Waals surface area contributed by atoms with Crippen LogP contribution >= 0.6 is 0 Å². The van der Waals surface area contributed by atoms with E-state index in [4.69, 9.17) is 14.2 Å². The van der Waals surface area contributed by atoms with Crippen molar-refractivity contribution >= 4 is 11.6 Å². The summed E-state index contributed by atoms with van der Waals surface area (Å²) < 4.78 is 16.0. The first-order valence-corrected chi connectivity index (χ1v) is 8.30. The lowest BCUT2D eigenvalue weighted by Crippen LogP contribution is -2.24. The molecule has 0 radical (unpaired) electrons. The summed E-state index contributed by atoms with van der Waals surface area (Å²) in [6, 6.07) is 13.1. The molecule has 0 unspecified atom stereocenters. The van der Waals surface area contributed by atoms with Gasteiger partial charge in [0.15, 0.2) is 0 Å². The molecular weight excluding hydrogens is 332 g/mol. The highest BCUT2D eigenvalue weighted by Gasteiger charge is 2.32. The molecule has 1 heterocycles. The zero-order valence-corrected chi connectivity index (χ0v) is 15.4. The van der Waals surface area contributed by atoms with Gasteiger partial charge in [0.1, 0.15) is 17.2 Å². The predicted molar refractivity (Wildman–Crippen MR) is 99.0 cm³/mol. The van der Waals surface area contributed by atoms with Gasteiger partial charge in [-0.05, 0) is 29.8 Å². The van der Waals surface area contributed by atoms with Crippen LogP contribution < -0.4 is 14.2 Å². The van der Waals surface area contributed by atoms with Crippen LogP contribution in [0.1, 0.15) is 30.5 Å². The van der Waals surface area contributed by atoms with Crippen molar-refractivity contribution in [2.45, 2.75) is 19.4 Å². The molecule has 2 aromatic rings. The number of hydrogen-bond donors (Lipinski definition) is 0. The van der Waals surface area contributed by atoms with E-state index in [2.05, 4.69) is 5.10 Å². The van der Waals surface area contributed by atoms with E-state index in [-0.39, 0.29) is 11.9 Å². The zero-order valence-electron chi connectivity index (χ0n) is 15.4. The number of hydrazone groups is 1. The second-order valence-electron chi connectivity index (χ2n) is 6.01. The fourth-order valence-electron chi connectivity index (χ4n) is 3.06. The van der Waals surface area contributed by atoms with Crippen LogP contribution in [0.2, 0.25) is 0 Å². The van der Waals surface area contributed by atoms with E-state index in [0.29, 0.717) is 17.9 Å². The van der Waals surface area contributed by atoms with Gasteiger partial charge in [0.2, 0.25) is 5.91 Å². The van der Waals surface area contributed by atoms with Gasteiger partial charge in [0, 0.05) is 25.0 Å². The molecule has 2 aromatic carbocycles. The Morgan fingerprint density at radius 2 is 1.65 bits per heavy atom. The molecule has 1 amide bonds. The van der Waals surface area contributed by atoms with Crippen LogP contribution in [0.25, 0.3) is 0 Å². The van der Waals surface area contributed by atoms with Crippen molar-refractivity contribution in [2.24, 2.45) is 5.10 Å². The van der Waals surface area contributed by atoms with E-state index < -0.39 is 0 Å². The Kier molecular flexibility index (Phi) is 5.11. The normalized spacial score (nSPS) is 16.2. The molecule has 3 rings (SSSR count). The maximum atomic E-state index is 12.1. The molecule has 0 saturated carbocycles. The van der Waals surface area contributed by atoms with Gasteiger partial charge in [-0.2, -0.15) is 5.10 Å². The fraction of sp³-hybridized carbons (Fsp3) is 0.300. The molecule has 26 heavy (non-hydrogen) atoms. The van der Waals surface area contributed by atoms with Crippen molar-refractivity contribution in [1.29, 1.82) is 0 Å². The van der Waals surface area contributed by atoms with E-state index in [1.165, 1.54) is 11.9 Å². The van der Waals surface area contributed by atoms with Crippen LogP contribution in [0, 0.1) is 0 Å². The number of carbonyl (C=O) groups excluding carboxylic acids is 1. The first-order chi connectivity index (χ1) is 12.5. The number of ether oxygens (including phenoxy) is 3. The van der Waals surface area contributed by atoms with Gasteiger partial charge in [-0.25, -0.2) is 5.01 Å². The molecule has 0 aromatic heterocycles. The van der Waals surface area contributed by atoms with Crippen LogP contribution in [0.15, 0.2) is 47.6 Å². The minimum absolute atomic E-state index is 0.109. The number of carbonyl (C=O) groups is 1. The third-order valence-corrected chi connectivity index (χ3v) is 4.40. The molecule has 1 aliphatic rings. The quantitative estimate of drug-likeness (QED) is 0.826. The van der Waals surface area contributed by atoms with E-state index in [1.54, 1.807) is 27.4 Å². The topological polar surface area (TPSA) is 60.4 Å². The zero-order chi connectivity index (χ0) is 18.7. The number of methoxy groups -OCH3 is 3. The summed E-state index contributed by atoms with van der Waals surface area (Å²) in [5.41, 5.74) is 2.66. The highest BCUT2D eigenvalue weighted by molar-refractivity contribution is 6.03. The summed E-state index contributed by atoms with van der Waals surface area (Å²) in [4.78, 5) is 12.1. The van der Waals surface area contributed by atoms with Crippen molar-refractivity contribution in [3.05, 3.63) is 53.6 Å². The summed E-state index contributed by atoms with van der Waals surface area (Å²) >= 11 is 0. The molecule has 0 spiro atoms. The summed E-state index contributed by atoms with van der Waals surface area (Å²) in [7, 11) is 4.84. The third-order valence-electron chi connectivity index (χ3n) is 4.40. The highest BCUT2D eigenvalue weighted by Crippen LogP contribution is 2.35. The van der Waals surface area contributed by atoms with Crippen LogP contribution in [-0.4, -0.2) is 38.0 Å². The van der Waals surface area contributed by atoms with Crippen LogP contribution in [0.5, 0.6) is 17.2 Å². The lowest BCUT2D eigenvalue weighted by atomic mass is 9.98. The van der Waals surface area contributed by atoms with Crippen LogP contribution in [-0.2, 0) is 4.79 Å². The largest absolute Gasteiger partial charge is 0.497 e. The molecular formula is C20H22N2O4. The standard InChI is InChI=1S/C20H22N2O4/c1-13(23)22-20(14-6-5-7-16(8-14)24-2)12-19(21-22)15-9-17(25-3)11-18(10-15)26-4/h5-11,20H,12H2,1-4H3/t20-/m0/s1. The van der Waals surface area contributed by atoms with Gasteiger partial charge < -0.3 is 14.2 Å². The van der Waals surface area contributed by atoms with E-state index in [1.807, 2.05) is 36.4 Å². The summed E-state index contributed by atoms with van der Waals surface area (Å²) in [5, 5.41) is 6.09. The average molecular weight is 354 g/mol. The average Bonchev–Trinajstić information content (AvgIpc) is 3.13. The SMILES string of the molecule is COc1cc(OC)cc(C2=NN(C(C)=O)[C@H](c3cccc(OC)c3)C2)c1. The minimum atomic E-state index is -0.171. The second kappa shape index (κ2) is 7.47. The molecule has 136 valence electrons. The van der Waals surface area contributed by atoms with Crippen molar-refractivity contribution < 1.29 is 19.0 Å². The van der Waals surface area contributed by atoms with Gasteiger partial charge in [-0.1, -0.05) is 12.1 Å². The lowest BCUT2D eigenvalue weighted by Gasteiger charge is -2.20. The molecule has 0 fully saturated rings. The first kappa shape index (κ1) is 17.8. The van der Waals surface area contributed by atoms with Crippen molar-refractivity contribution in [3.8, 4) is 17.2 Å². The third kappa shape index (κ3) is 3.49.